The standard InChI is InChI=1S/C23H18N6O10/c24-5-26-16(30)8-1-9(15(23(38)39)4-14(8)22(36)37)17(31)27-7-29-20(34)12-2-10-11(3-13(12)21(29)35)19(33)28(6-25)18(10)32/h1-4H,5-7,24-25H2,(H,26,30)(H,27,31)(H,36,37)(H,38,39). The second-order valence-electron chi connectivity index (χ2n) is 8.13. The number of carboxylic acid groups (broad SMARTS) is 2. The van der Waals surface area contributed by atoms with Gasteiger partial charge in [0.1, 0.15) is 6.67 Å². The van der Waals surface area contributed by atoms with E-state index in [1.807, 2.05) is 0 Å². The Morgan fingerprint density at radius 2 is 1.00 bits per heavy atom. The molecule has 200 valence electrons. The molecule has 0 radical (unpaired) electrons. The lowest BCUT2D eigenvalue weighted by molar-refractivity contribution is 0.0687. The summed E-state index contributed by atoms with van der Waals surface area (Å²) in [6.45, 7) is -1.56. The summed E-state index contributed by atoms with van der Waals surface area (Å²) in [6, 6.07) is 3.52. The number of rotatable bonds is 8. The van der Waals surface area contributed by atoms with E-state index < -0.39 is 81.6 Å². The van der Waals surface area contributed by atoms with Crippen LogP contribution in [0.3, 0.4) is 0 Å². The summed E-state index contributed by atoms with van der Waals surface area (Å²) >= 11 is 0. The molecular formula is C23H18N6O10. The first kappa shape index (κ1) is 26.6. The van der Waals surface area contributed by atoms with Gasteiger partial charge in [-0.1, -0.05) is 0 Å². The van der Waals surface area contributed by atoms with Gasteiger partial charge >= 0.3 is 11.9 Å². The molecule has 0 unspecified atom stereocenters. The van der Waals surface area contributed by atoms with Crippen LogP contribution in [0.5, 0.6) is 0 Å². The Labute approximate surface area is 214 Å². The van der Waals surface area contributed by atoms with Gasteiger partial charge in [0.15, 0.2) is 0 Å². The van der Waals surface area contributed by atoms with Crippen molar-refractivity contribution in [3.63, 3.8) is 0 Å². The third kappa shape index (κ3) is 4.24. The Morgan fingerprint density at radius 1 is 0.615 bits per heavy atom. The minimum Gasteiger partial charge on any atom is -0.478 e. The number of nitrogens with zero attached hydrogens (tertiary/aromatic N) is 2. The van der Waals surface area contributed by atoms with Crippen molar-refractivity contribution in [3.05, 3.63) is 87.9 Å². The van der Waals surface area contributed by atoms with E-state index in [4.69, 9.17) is 11.5 Å². The number of aromatic nitrogens is 2. The molecule has 2 aromatic carbocycles. The van der Waals surface area contributed by atoms with Gasteiger partial charge in [-0.05, 0) is 24.3 Å². The summed E-state index contributed by atoms with van der Waals surface area (Å²) in [5.74, 6) is -5.48. The number of aromatic carboxylic acids is 2. The maximum atomic E-state index is 12.9. The van der Waals surface area contributed by atoms with E-state index in [1.165, 1.54) is 0 Å². The first-order valence-corrected chi connectivity index (χ1v) is 10.9. The molecule has 8 N–H and O–H groups in total. The predicted octanol–water partition coefficient (Wildman–Crippen LogP) is -2.74. The molecule has 2 heterocycles. The number of nitrogens with two attached hydrogens (primary N) is 2. The molecule has 16 nitrogen and oxygen atoms in total. The van der Waals surface area contributed by atoms with Gasteiger partial charge in [-0.15, -0.1) is 0 Å². The molecule has 4 rings (SSSR count). The largest absolute Gasteiger partial charge is 0.478 e. The maximum Gasteiger partial charge on any atom is 0.336 e. The molecule has 39 heavy (non-hydrogen) atoms. The van der Waals surface area contributed by atoms with E-state index in [0.29, 0.717) is 10.6 Å². The van der Waals surface area contributed by atoms with Gasteiger partial charge in [-0.25, -0.2) is 9.59 Å². The van der Waals surface area contributed by atoms with Crippen LogP contribution in [0.15, 0.2) is 43.4 Å². The Hall–Kier alpha value is -5.48. The Morgan fingerprint density at radius 3 is 1.38 bits per heavy atom. The van der Waals surface area contributed by atoms with Gasteiger partial charge in [0.2, 0.25) is 0 Å². The topological polar surface area (TPSA) is 263 Å². The van der Waals surface area contributed by atoms with Crippen LogP contribution in [0, 0.1) is 0 Å². The SMILES string of the molecule is NCNC(=O)c1cc(C(=O)NCn2c(=O)c3cc4c(=O)n(CN)c(=O)c4cc3c2=O)c(C(=O)O)cc1C(=O)O. The van der Waals surface area contributed by atoms with Crippen LogP contribution in [0.4, 0.5) is 0 Å². The lowest BCUT2D eigenvalue weighted by Crippen LogP contribution is -2.36. The third-order valence-corrected chi connectivity index (χ3v) is 6.01. The summed E-state index contributed by atoms with van der Waals surface area (Å²) in [4.78, 5) is 99.1. The fourth-order valence-corrected chi connectivity index (χ4v) is 4.15. The number of nitrogens with one attached hydrogen (secondary N) is 2. The van der Waals surface area contributed by atoms with Crippen molar-refractivity contribution in [2.45, 2.75) is 13.3 Å². The Bertz CT molecular complexity index is 1870. The van der Waals surface area contributed by atoms with Crippen molar-refractivity contribution in [1.29, 1.82) is 0 Å². The molecule has 0 bridgehead atoms. The fraction of sp³-hybridized carbons (Fsp3) is 0.130. The van der Waals surface area contributed by atoms with Gasteiger partial charge in [0.05, 0.1) is 57.1 Å². The lowest BCUT2D eigenvalue weighted by Gasteiger charge is -2.12. The van der Waals surface area contributed by atoms with E-state index in [1.54, 1.807) is 0 Å². The van der Waals surface area contributed by atoms with Gasteiger partial charge in [0, 0.05) is 0 Å². The van der Waals surface area contributed by atoms with Crippen LogP contribution in [-0.2, 0) is 13.3 Å². The Balaban J connectivity index is 1.76. The smallest absolute Gasteiger partial charge is 0.336 e. The summed E-state index contributed by atoms with van der Waals surface area (Å²) in [5.41, 5.74) is 4.68. The number of carboxylic acids is 2. The minimum absolute atomic E-state index is 0.121. The molecule has 4 aromatic rings. The zero-order valence-corrected chi connectivity index (χ0v) is 19.6. The highest BCUT2D eigenvalue weighted by atomic mass is 16.4. The summed E-state index contributed by atoms with van der Waals surface area (Å²) in [7, 11) is 0. The summed E-state index contributed by atoms with van der Waals surface area (Å²) in [6.07, 6.45) is 0. The second-order valence-corrected chi connectivity index (χ2v) is 8.13. The highest BCUT2D eigenvalue weighted by molar-refractivity contribution is 6.11. The highest BCUT2D eigenvalue weighted by Crippen LogP contribution is 2.19. The molecular weight excluding hydrogens is 520 g/mol. The normalized spacial score (nSPS) is 11.1. The van der Waals surface area contributed by atoms with Crippen molar-refractivity contribution in [3.8, 4) is 0 Å². The quantitative estimate of drug-likeness (QED) is 0.125. The number of fused-ring (bicyclic) bond motifs is 2. The zero-order valence-electron chi connectivity index (χ0n) is 19.6. The van der Waals surface area contributed by atoms with E-state index in [9.17, 15) is 48.6 Å². The molecule has 16 heteroatoms. The van der Waals surface area contributed by atoms with Gasteiger partial charge in [-0.2, -0.15) is 0 Å². The fourth-order valence-electron chi connectivity index (χ4n) is 4.15. The van der Waals surface area contributed by atoms with Crippen LogP contribution in [0.2, 0.25) is 0 Å². The predicted molar refractivity (Wildman–Crippen MR) is 133 cm³/mol. The number of carbonyl (C=O) groups excluding carboxylic acids is 2. The number of benzene rings is 2. The molecule has 0 spiro atoms. The van der Waals surface area contributed by atoms with Crippen molar-refractivity contribution >= 4 is 45.3 Å². The number of amides is 2. The summed E-state index contributed by atoms with van der Waals surface area (Å²) in [5, 5.41) is 22.6. The van der Waals surface area contributed by atoms with Crippen molar-refractivity contribution in [2.24, 2.45) is 11.5 Å². The minimum atomic E-state index is -1.69. The average Bonchev–Trinajstić information content (AvgIpc) is 3.28. The number of hydrogen-bond donors (Lipinski definition) is 6. The lowest BCUT2D eigenvalue weighted by atomic mass is 9.97. The monoisotopic (exact) mass is 538 g/mol. The third-order valence-electron chi connectivity index (χ3n) is 6.01. The maximum absolute atomic E-state index is 12.9. The number of hydrogen-bond acceptors (Lipinski definition) is 10. The van der Waals surface area contributed by atoms with E-state index in [0.717, 1.165) is 22.8 Å². The van der Waals surface area contributed by atoms with Crippen LogP contribution in [-0.4, -0.2) is 49.8 Å². The van der Waals surface area contributed by atoms with Crippen molar-refractivity contribution in [1.82, 2.24) is 19.8 Å². The number of carbonyl (C=O) groups is 4. The van der Waals surface area contributed by atoms with Gasteiger partial charge < -0.3 is 32.3 Å². The summed E-state index contributed by atoms with van der Waals surface area (Å²) < 4.78 is 1.33. The van der Waals surface area contributed by atoms with Crippen LogP contribution < -0.4 is 44.3 Å². The van der Waals surface area contributed by atoms with Crippen molar-refractivity contribution in [2.75, 3.05) is 6.67 Å². The first-order chi connectivity index (χ1) is 18.4. The second kappa shape index (κ2) is 9.77. The Kier molecular flexibility index (Phi) is 6.66. The van der Waals surface area contributed by atoms with Crippen LogP contribution >= 0.6 is 0 Å². The molecule has 0 saturated carbocycles. The molecule has 0 saturated heterocycles. The molecule has 0 aliphatic carbocycles. The average molecular weight is 538 g/mol. The van der Waals surface area contributed by atoms with Crippen molar-refractivity contribution < 1.29 is 29.4 Å². The highest BCUT2D eigenvalue weighted by Gasteiger charge is 2.26. The molecule has 2 amide bonds. The van der Waals surface area contributed by atoms with E-state index >= 15 is 0 Å². The van der Waals surface area contributed by atoms with Crippen LogP contribution in [0.25, 0.3) is 21.5 Å². The zero-order chi connectivity index (χ0) is 28.8. The van der Waals surface area contributed by atoms with Crippen LogP contribution in [0.1, 0.15) is 41.4 Å². The molecule has 0 atom stereocenters. The van der Waals surface area contributed by atoms with Gasteiger partial charge in [0.25, 0.3) is 34.1 Å². The van der Waals surface area contributed by atoms with Gasteiger partial charge in [-0.3, -0.25) is 37.9 Å². The molecule has 0 aliphatic rings. The molecule has 2 aromatic heterocycles. The first-order valence-electron chi connectivity index (χ1n) is 10.9. The van der Waals surface area contributed by atoms with E-state index in [2.05, 4.69) is 10.6 Å². The van der Waals surface area contributed by atoms with E-state index in [-0.39, 0.29) is 28.2 Å². The molecule has 0 aliphatic heterocycles. The molecule has 0 fully saturated rings.